The topological polar surface area (TPSA) is 77.5 Å². The third kappa shape index (κ3) is 15.9. The van der Waals surface area contributed by atoms with Gasteiger partial charge in [0, 0.05) is 40.4 Å². The zero-order chi connectivity index (χ0) is 21.4. The van der Waals surface area contributed by atoms with E-state index >= 15 is 0 Å². The molecule has 0 aromatic rings. The van der Waals surface area contributed by atoms with Gasteiger partial charge in [-0.15, -0.1) is 11.6 Å². The van der Waals surface area contributed by atoms with Crippen LogP contribution >= 0.6 is 11.6 Å². The average Bonchev–Trinajstić information content (AvgIpc) is 2.62. The van der Waals surface area contributed by atoms with Gasteiger partial charge in [-0.1, -0.05) is 0 Å². The van der Waals surface area contributed by atoms with Gasteiger partial charge in [0.25, 0.3) is 0 Å². The Morgan fingerprint density at radius 3 is 1.64 bits per heavy atom. The Bertz CT molecular complexity index is 431. The molecule has 0 N–H and O–H groups in total. The Morgan fingerprint density at radius 1 is 0.786 bits per heavy atom. The number of halogens is 1. The van der Waals surface area contributed by atoms with Gasteiger partial charge in [-0.2, -0.15) is 0 Å². The van der Waals surface area contributed by atoms with Crippen LogP contribution in [0, 0.1) is 0 Å². The number of carbonyl (C=O) groups excluding carboxylic acids is 2. The Labute approximate surface area is 174 Å². The number of rotatable bonds is 15. The van der Waals surface area contributed by atoms with Crippen LogP contribution in [-0.4, -0.2) is 100 Å². The molecule has 0 saturated carbocycles. The molecule has 28 heavy (non-hydrogen) atoms. The van der Waals surface area contributed by atoms with Gasteiger partial charge in [-0.05, 0) is 33.6 Å². The molecule has 2 amide bonds. The van der Waals surface area contributed by atoms with Crippen LogP contribution in [0.15, 0.2) is 0 Å². The molecule has 0 radical (unpaired) electrons. The molecule has 0 aromatic heterocycles. The van der Waals surface area contributed by atoms with Gasteiger partial charge in [0.1, 0.15) is 11.5 Å². The summed E-state index contributed by atoms with van der Waals surface area (Å²) in [5, 5.41) is 0. The fraction of sp³-hybridized carbons (Fsp3) is 0.895. The molecule has 0 heterocycles. The number of nitrogens with zero attached hydrogens (tertiary/aromatic N) is 2. The summed E-state index contributed by atoms with van der Waals surface area (Å²) in [6.07, 6.45) is 1.17. The van der Waals surface area contributed by atoms with Crippen molar-refractivity contribution < 1.29 is 28.5 Å². The molecule has 0 aromatic carbocycles. The molecule has 0 unspecified atom stereocenters. The lowest BCUT2D eigenvalue weighted by molar-refractivity contribution is -0.127. The summed E-state index contributed by atoms with van der Waals surface area (Å²) in [5.41, 5.74) is -0.484. The van der Waals surface area contributed by atoms with Crippen LogP contribution in [-0.2, 0) is 23.7 Å². The molecule has 0 aliphatic heterocycles. The molecule has 0 saturated heterocycles. The van der Waals surface area contributed by atoms with Crippen molar-refractivity contribution in [1.82, 2.24) is 9.80 Å². The Kier molecular flexibility index (Phi) is 15.2. The summed E-state index contributed by atoms with van der Waals surface area (Å²) in [6.45, 7) is 9.88. The molecule has 9 heteroatoms. The first-order chi connectivity index (χ1) is 13.2. The van der Waals surface area contributed by atoms with E-state index in [0.717, 1.165) is 12.8 Å². The van der Waals surface area contributed by atoms with E-state index in [4.69, 9.17) is 30.5 Å². The van der Waals surface area contributed by atoms with Gasteiger partial charge < -0.3 is 28.7 Å². The first-order valence-corrected chi connectivity index (χ1v) is 10.2. The molecule has 0 atom stereocenters. The lowest BCUT2D eigenvalue weighted by Crippen LogP contribution is -2.35. The Balaban J connectivity index is 3.38. The highest BCUT2D eigenvalue weighted by Crippen LogP contribution is 2.09. The molecule has 8 nitrogen and oxygen atoms in total. The highest BCUT2D eigenvalue weighted by atomic mass is 35.5. The Hall–Kier alpha value is -1.09. The molecule has 0 spiro atoms. The molecule has 166 valence electrons. The first-order valence-electron chi connectivity index (χ1n) is 9.64. The van der Waals surface area contributed by atoms with Crippen molar-refractivity contribution in [3.05, 3.63) is 0 Å². The van der Waals surface area contributed by atoms with E-state index in [1.165, 1.54) is 0 Å². The smallest absolute Gasteiger partial charge is 0.410 e. The van der Waals surface area contributed by atoms with Crippen LogP contribution in [0.4, 0.5) is 4.79 Å². The third-order valence-corrected chi connectivity index (χ3v) is 3.78. The second-order valence-electron chi connectivity index (χ2n) is 7.40. The normalized spacial score (nSPS) is 11.4. The monoisotopic (exact) mass is 424 g/mol. The van der Waals surface area contributed by atoms with Gasteiger partial charge >= 0.3 is 6.09 Å². The number of hydrogen-bond acceptors (Lipinski definition) is 6. The van der Waals surface area contributed by atoms with Crippen LogP contribution in [0.25, 0.3) is 0 Å². The van der Waals surface area contributed by atoms with Crippen molar-refractivity contribution >= 4 is 23.6 Å². The summed E-state index contributed by atoms with van der Waals surface area (Å²) in [6, 6.07) is 0. The number of ether oxygens (including phenoxy) is 4. The zero-order valence-electron chi connectivity index (χ0n) is 18.0. The predicted molar refractivity (Wildman–Crippen MR) is 109 cm³/mol. The van der Waals surface area contributed by atoms with E-state index in [0.29, 0.717) is 52.7 Å². The minimum Gasteiger partial charge on any atom is -0.444 e. The van der Waals surface area contributed by atoms with Gasteiger partial charge in [-0.3, -0.25) is 4.79 Å². The van der Waals surface area contributed by atoms with Crippen LogP contribution in [0.1, 0.15) is 33.6 Å². The summed E-state index contributed by atoms with van der Waals surface area (Å²) in [4.78, 5) is 26.2. The van der Waals surface area contributed by atoms with E-state index in [1.807, 2.05) is 20.8 Å². The van der Waals surface area contributed by atoms with Crippen molar-refractivity contribution in [2.75, 3.05) is 72.7 Å². The molecule has 0 aliphatic rings. The van der Waals surface area contributed by atoms with E-state index < -0.39 is 5.60 Å². The average molecular weight is 425 g/mol. The van der Waals surface area contributed by atoms with Crippen LogP contribution in [0.5, 0.6) is 0 Å². The first kappa shape index (κ1) is 26.9. The summed E-state index contributed by atoms with van der Waals surface area (Å²) in [5.74, 6) is -0.0743. The van der Waals surface area contributed by atoms with Crippen molar-refractivity contribution in [3.8, 4) is 0 Å². The highest BCUT2D eigenvalue weighted by Gasteiger charge is 2.19. The van der Waals surface area contributed by atoms with Gasteiger partial charge in [0.05, 0.1) is 26.4 Å². The summed E-state index contributed by atoms with van der Waals surface area (Å²) >= 11 is 5.48. The molecule has 0 bridgehead atoms. The lowest BCUT2D eigenvalue weighted by atomic mass is 10.2. The number of amides is 2. The van der Waals surface area contributed by atoms with Gasteiger partial charge in [0.2, 0.25) is 5.91 Å². The van der Waals surface area contributed by atoms with Crippen LogP contribution in [0.3, 0.4) is 0 Å². The van der Waals surface area contributed by atoms with Crippen molar-refractivity contribution in [3.63, 3.8) is 0 Å². The summed E-state index contributed by atoms with van der Waals surface area (Å²) in [7, 11) is 3.44. The van der Waals surface area contributed by atoms with E-state index in [9.17, 15) is 9.59 Å². The van der Waals surface area contributed by atoms with E-state index in [2.05, 4.69) is 0 Å². The maximum atomic E-state index is 11.8. The fourth-order valence-electron chi connectivity index (χ4n) is 2.01. The minimum absolute atomic E-state index is 0.00765. The van der Waals surface area contributed by atoms with Crippen molar-refractivity contribution in [2.45, 2.75) is 39.2 Å². The minimum atomic E-state index is -0.484. The number of carbonyl (C=O) groups is 2. The van der Waals surface area contributed by atoms with Crippen molar-refractivity contribution in [2.24, 2.45) is 0 Å². The quantitative estimate of drug-likeness (QED) is 0.296. The maximum Gasteiger partial charge on any atom is 0.410 e. The maximum absolute atomic E-state index is 11.8. The van der Waals surface area contributed by atoms with Gasteiger partial charge in [-0.25, -0.2) is 4.79 Å². The van der Waals surface area contributed by atoms with Crippen LogP contribution in [0.2, 0.25) is 0 Å². The molecule has 0 rings (SSSR count). The number of hydrogen-bond donors (Lipinski definition) is 0. The summed E-state index contributed by atoms with van der Waals surface area (Å²) < 4.78 is 21.6. The molecular weight excluding hydrogens is 388 g/mol. The Morgan fingerprint density at radius 2 is 1.21 bits per heavy atom. The second-order valence-corrected chi connectivity index (χ2v) is 7.66. The zero-order valence-corrected chi connectivity index (χ0v) is 18.8. The molecular formula is C19H37ClN2O6. The van der Waals surface area contributed by atoms with Gasteiger partial charge in [0.15, 0.2) is 0 Å². The lowest BCUT2D eigenvalue weighted by Gasteiger charge is -2.24. The van der Waals surface area contributed by atoms with Crippen molar-refractivity contribution in [1.29, 1.82) is 0 Å². The fourth-order valence-corrected chi connectivity index (χ4v) is 2.21. The molecule has 0 fully saturated rings. The predicted octanol–water partition coefficient (Wildman–Crippen LogP) is 2.38. The second kappa shape index (κ2) is 15.8. The van der Waals surface area contributed by atoms with Crippen LogP contribution < -0.4 is 0 Å². The standard InChI is InChI=1S/C19H37ClN2O6/c1-19(2,3)28-18(24)22(5)9-7-11-26-13-15-27-14-12-25-10-6-8-21(4)17(23)16-20/h6-16H2,1-5H3. The number of alkyl halides is 1. The van der Waals surface area contributed by atoms with E-state index in [-0.39, 0.29) is 17.9 Å². The third-order valence-electron chi connectivity index (χ3n) is 3.55. The SMILES string of the molecule is CN(CCCOCCOCCOCCCN(C)C(=O)OC(C)(C)C)C(=O)CCl. The molecule has 0 aliphatic carbocycles. The highest BCUT2D eigenvalue weighted by molar-refractivity contribution is 6.27. The largest absolute Gasteiger partial charge is 0.444 e. The van der Waals surface area contributed by atoms with E-state index in [1.54, 1.807) is 23.9 Å².